The Hall–Kier alpha value is -2.97. The standard InChI is InChI=1S/C18H14N4O2S2/c1-11-8-16(23)22-14(10-26-18(22)19-11)12-4-2-5-13(9-12)20-17(24)21-15-6-3-7-25-15/h2-10H,1H3,(H2,20,21,24). The van der Waals surface area contributed by atoms with E-state index in [1.807, 2.05) is 41.1 Å². The van der Waals surface area contributed by atoms with E-state index in [4.69, 9.17) is 0 Å². The summed E-state index contributed by atoms with van der Waals surface area (Å²) in [6.45, 7) is 1.80. The van der Waals surface area contributed by atoms with Gasteiger partial charge in [-0.05, 0) is 36.6 Å². The fraction of sp³-hybridized carbons (Fsp3) is 0.0556. The van der Waals surface area contributed by atoms with Crippen LogP contribution in [-0.4, -0.2) is 15.4 Å². The van der Waals surface area contributed by atoms with Gasteiger partial charge in [-0.25, -0.2) is 9.78 Å². The number of thiophene rings is 1. The molecule has 130 valence electrons. The van der Waals surface area contributed by atoms with Gasteiger partial charge in [0.05, 0.1) is 10.7 Å². The Kier molecular flexibility index (Phi) is 4.27. The number of anilines is 2. The Bertz CT molecular complexity index is 1150. The molecule has 0 atom stereocenters. The van der Waals surface area contributed by atoms with Gasteiger partial charge in [0.2, 0.25) is 0 Å². The molecule has 0 aliphatic carbocycles. The van der Waals surface area contributed by atoms with Crippen molar-refractivity contribution < 1.29 is 4.79 Å². The van der Waals surface area contributed by atoms with Gasteiger partial charge in [0.15, 0.2) is 4.96 Å². The number of carbonyl (C=O) groups is 1. The van der Waals surface area contributed by atoms with Gasteiger partial charge >= 0.3 is 6.03 Å². The highest BCUT2D eigenvalue weighted by molar-refractivity contribution is 7.15. The smallest absolute Gasteiger partial charge is 0.308 e. The molecule has 2 N–H and O–H groups in total. The summed E-state index contributed by atoms with van der Waals surface area (Å²) < 4.78 is 1.59. The maximum atomic E-state index is 12.3. The number of aryl methyl sites for hydroxylation is 1. The summed E-state index contributed by atoms with van der Waals surface area (Å²) in [6, 6.07) is 12.3. The summed E-state index contributed by atoms with van der Waals surface area (Å²) in [6.07, 6.45) is 0. The van der Waals surface area contributed by atoms with Gasteiger partial charge in [0, 0.05) is 28.4 Å². The number of rotatable bonds is 3. The summed E-state index contributed by atoms with van der Waals surface area (Å²) in [7, 11) is 0. The third-order valence-corrected chi connectivity index (χ3v) is 5.32. The molecule has 0 fully saturated rings. The molecule has 4 rings (SSSR count). The lowest BCUT2D eigenvalue weighted by Crippen LogP contribution is -2.18. The number of thiazole rings is 1. The number of nitrogens with one attached hydrogen (secondary N) is 2. The lowest BCUT2D eigenvalue weighted by atomic mass is 10.1. The van der Waals surface area contributed by atoms with Gasteiger partial charge in [-0.2, -0.15) is 0 Å². The van der Waals surface area contributed by atoms with Crippen LogP contribution in [-0.2, 0) is 0 Å². The minimum atomic E-state index is -0.311. The summed E-state index contributed by atoms with van der Waals surface area (Å²) in [5.41, 5.74) is 2.81. The van der Waals surface area contributed by atoms with Crippen molar-refractivity contribution in [2.75, 3.05) is 10.6 Å². The maximum absolute atomic E-state index is 12.3. The molecule has 4 aromatic rings. The van der Waals surface area contributed by atoms with E-state index < -0.39 is 0 Å². The molecule has 2 amide bonds. The Morgan fingerprint density at radius 1 is 1.12 bits per heavy atom. The first-order valence-electron chi connectivity index (χ1n) is 7.80. The third-order valence-electron chi connectivity index (χ3n) is 3.71. The van der Waals surface area contributed by atoms with Crippen LogP contribution in [0.15, 0.2) is 58.0 Å². The normalized spacial score (nSPS) is 10.8. The number of nitrogens with zero attached hydrogens (tertiary/aromatic N) is 2. The maximum Gasteiger partial charge on any atom is 0.324 e. The van der Waals surface area contributed by atoms with Crippen LogP contribution < -0.4 is 16.2 Å². The predicted molar refractivity (Wildman–Crippen MR) is 106 cm³/mol. The molecule has 0 bridgehead atoms. The van der Waals surface area contributed by atoms with Gasteiger partial charge in [-0.15, -0.1) is 22.7 Å². The van der Waals surface area contributed by atoms with Crippen LogP contribution in [0.3, 0.4) is 0 Å². The largest absolute Gasteiger partial charge is 0.324 e. The minimum absolute atomic E-state index is 0.113. The first-order chi connectivity index (χ1) is 12.6. The first kappa shape index (κ1) is 16.5. The molecule has 0 spiro atoms. The molecule has 0 saturated heterocycles. The van der Waals surface area contributed by atoms with Crippen LogP contribution in [0.2, 0.25) is 0 Å². The number of hydrogen-bond acceptors (Lipinski definition) is 5. The Morgan fingerprint density at radius 2 is 2.00 bits per heavy atom. The van der Waals surface area contributed by atoms with E-state index in [2.05, 4.69) is 15.6 Å². The van der Waals surface area contributed by atoms with Crippen molar-refractivity contribution in [3.63, 3.8) is 0 Å². The van der Waals surface area contributed by atoms with E-state index in [1.165, 1.54) is 28.7 Å². The number of carbonyl (C=O) groups excluding carboxylic acids is 1. The molecule has 8 heteroatoms. The van der Waals surface area contributed by atoms with Crippen molar-refractivity contribution in [3.8, 4) is 11.3 Å². The second kappa shape index (κ2) is 6.74. The molecule has 0 unspecified atom stereocenters. The molecule has 3 aromatic heterocycles. The van der Waals surface area contributed by atoms with Crippen molar-refractivity contribution in [1.29, 1.82) is 0 Å². The average molecular weight is 382 g/mol. The van der Waals surface area contributed by atoms with Gasteiger partial charge in [-0.3, -0.25) is 14.5 Å². The summed E-state index contributed by atoms with van der Waals surface area (Å²) >= 11 is 2.86. The number of hydrogen-bond donors (Lipinski definition) is 2. The van der Waals surface area contributed by atoms with E-state index in [-0.39, 0.29) is 11.6 Å². The topological polar surface area (TPSA) is 75.5 Å². The number of benzene rings is 1. The van der Waals surface area contributed by atoms with Crippen molar-refractivity contribution in [1.82, 2.24) is 9.38 Å². The molecule has 26 heavy (non-hydrogen) atoms. The third kappa shape index (κ3) is 3.24. The zero-order chi connectivity index (χ0) is 18.1. The van der Waals surface area contributed by atoms with Crippen LogP contribution >= 0.6 is 22.7 Å². The molecule has 0 aliphatic rings. The van der Waals surface area contributed by atoms with Crippen molar-refractivity contribution in [3.05, 3.63) is 69.3 Å². The van der Waals surface area contributed by atoms with Crippen LogP contribution in [0, 0.1) is 6.92 Å². The van der Waals surface area contributed by atoms with E-state index in [0.717, 1.165) is 16.3 Å². The lowest BCUT2D eigenvalue weighted by molar-refractivity contribution is 0.262. The monoisotopic (exact) mass is 382 g/mol. The summed E-state index contributed by atoms with van der Waals surface area (Å²) in [5, 5.41) is 10.2. The van der Waals surface area contributed by atoms with Gasteiger partial charge in [0.25, 0.3) is 5.56 Å². The highest BCUT2D eigenvalue weighted by Crippen LogP contribution is 2.26. The molecular weight excluding hydrogens is 368 g/mol. The molecule has 0 saturated carbocycles. The number of fused-ring (bicyclic) bond motifs is 1. The first-order valence-corrected chi connectivity index (χ1v) is 9.56. The van der Waals surface area contributed by atoms with E-state index in [1.54, 1.807) is 17.4 Å². The number of urea groups is 1. The Labute approximate surface area is 156 Å². The second-order valence-electron chi connectivity index (χ2n) is 5.61. The van der Waals surface area contributed by atoms with Crippen LogP contribution in [0.25, 0.3) is 16.2 Å². The van der Waals surface area contributed by atoms with Crippen LogP contribution in [0.1, 0.15) is 5.69 Å². The molecule has 0 aliphatic heterocycles. The van der Waals surface area contributed by atoms with Crippen LogP contribution in [0.4, 0.5) is 15.5 Å². The highest BCUT2D eigenvalue weighted by atomic mass is 32.1. The molecule has 6 nitrogen and oxygen atoms in total. The van der Waals surface area contributed by atoms with E-state index in [0.29, 0.717) is 16.3 Å². The average Bonchev–Trinajstić information content (AvgIpc) is 3.24. The van der Waals surface area contributed by atoms with E-state index >= 15 is 0 Å². The quantitative estimate of drug-likeness (QED) is 0.550. The van der Waals surface area contributed by atoms with Gasteiger partial charge in [-0.1, -0.05) is 12.1 Å². The molecule has 0 radical (unpaired) electrons. The molecule has 1 aromatic carbocycles. The van der Waals surface area contributed by atoms with Crippen molar-refractivity contribution in [2.45, 2.75) is 6.92 Å². The van der Waals surface area contributed by atoms with Gasteiger partial charge < -0.3 is 5.32 Å². The van der Waals surface area contributed by atoms with Crippen molar-refractivity contribution in [2.24, 2.45) is 0 Å². The van der Waals surface area contributed by atoms with Crippen LogP contribution in [0.5, 0.6) is 0 Å². The fourth-order valence-corrected chi connectivity index (χ4v) is 4.17. The predicted octanol–water partition coefficient (Wildman–Crippen LogP) is 4.44. The van der Waals surface area contributed by atoms with E-state index in [9.17, 15) is 9.59 Å². The van der Waals surface area contributed by atoms with Crippen molar-refractivity contribution >= 4 is 44.4 Å². The lowest BCUT2D eigenvalue weighted by Gasteiger charge is -2.08. The molecule has 3 heterocycles. The SMILES string of the molecule is Cc1cc(=O)n2c(-c3cccc(NC(=O)Nc4cccs4)c3)csc2n1. The second-order valence-corrected chi connectivity index (χ2v) is 7.40. The molecular formula is C18H14N4O2S2. The Morgan fingerprint density at radius 3 is 2.81 bits per heavy atom. The number of amides is 2. The Balaban J connectivity index is 1.64. The minimum Gasteiger partial charge on any atom is -0.308 e. The zero-order valence-corrected chi connectivity index (χ0v) is 15.4. The number of aromatic nitrogens is 2. The summed E-state index contributed by atoms with van der Waals surface area (Å²) in [4.78, 5) is 29.5. The fourth-order valence-electron chi connectivity index (χ4n) is 2.61. The highest BCUT2D eigenvalue weighted by Gasteiger charge is 2.11. The zero-order valence-electron chi connectivity index (χ0n) is 13.7. The van der Waals surface area contributed by atoms with Gasteiger partial charge in [0.1, 0.15) is 0 Å². The summed E-state index contributed by atoms with van der Waals surface area (Å²) in [5.74, 6) is 0.